The maximum Gasteiger partial charge on any atom is 0.229 e. The van der Waals surface area contributed by atoms with E-state index in [1.807, 2.05) is 0 Å². The van der Waals surface area contributed by atoms with Crippen LogP contribution in [0.15, 0.2) is 23.3 Å². The molecule has 0 aliphatic carbocycles. The zero-order chi connectivity index (χ0) is 17.0. The van der Waals surface area contributed by atoms with Gasteiger partial charge in [-0.05, 0) is 23.7 Å². The number of hydrogen-bond acceptors (Lipinski definition) is 8. The molecule has 6 N–H and O–H groups in total. The Kier molecular flexibility index (Phi) is 5.74. The summed E-state index contributed by atoms with van der Waals surface area (Å²) in [5.41, 5.74) is 14.9. The SMILES string of the molecule is [N-]=[N+]=Nc1ccc(O[C@H]2O[C@H](CO)[C@@H](O)[C@H](O)[C@@H]2O)c(CN)c1. The van der Waals surface area contributed by atoms with Crippen molar-refractivity contribution < 1.29 is 29.9 Å². The molecule has 0 spiro atoms. The van der Waals surface area contributed by atoms with Crippen LogP contribution in [0.2, 0.25) is 0 Å². The minimum atomic E-state index is -1.53. The van der Waals surface area contributed by atoms with Crippen LogP contribution in [0.4, 0.5) is 5.69 Å². The second kappa shape index (κ2) is 7.57. The normalized spacial score (nSPS) is 30.6. The summed E-state index contributed by atoms with van der Waals surface area (Å²) in [6, 6.07) is 4.48. The molecule has 1 aliphatic rings. The third kappa shape index (κ3) is 3.71. The van der Waals surface area contributed by atoms with Gasteiger partial charge in [-0.2, -0.15) is 0 Å². The third-order valence-electron chi connectivity index (χ3n) is 3.52. The average Bonchev–Trinajstić information content (AvgIpc) is 2.56. The van der Waals surface area contributed by atoms with Crippen LogP contribution in [-0.2, 0) is 11.3 Å². The lowest BCUT2D eigenvalue weighted by atomic mass is 9.99. The first-order valence-corrected chi connectivity index (χ1v) is 6.87. The van der Waals surface area contributed by atoms with Crippen molar-refractivity contribution >= 4 is 5.69 Å². The fourth-order valence-electron chi connectivity index (χ4n) is 2.24. The van der Waals surface area contributed by atoms with Crippen LogP contribution in [0.25, 0.3) is 10.4 Å². The van der Waals surface area contributed by atoms with E-state index in [0.717, 1.165) is 0 Å². The summed E-state index contributed by atoms with van der Waals surface area (Å²) in [5.74, 6) is 0.258. The topological polar surface area (TPSA) is 174 Å². The molecule has 1 saturated heterocycles. The van der Waals surface area contributed by atoms with Crippen LogP contribution in [0, 0.1) is 0 Å². The van der Waals surface area contributed by atoms with Crippen LogP contribution in [0.3, 0.4) is 0 Å². The van der Waals surface area contributed by atoms with Gasteiger partial charge in [-0.1, -0.05) is 5.11 Å². The van der Waals surface area contributed by atoms with Crippen molar-refractivity contribution in [3.8, 4) is 5.75 Å². The van der Waals surface area contributed by atoms with Crippen LogP contribution < -0.4 is 10.5 Å². The molecule has 0 saturated carbocycles. The van der Waals surface area contributed by atoms with Gasteiger partial charge >= 0.3 is 0 Å². The molecule has 1 aromatic carbocycles. The molecule has 2 rings (SSSR count). The lowest BCUT2D eigenvalue weighted by Crippen LogP contribution is -2.60. The number of aliphatic hydroxyl groups is 4. The van der Waals surface area contributed by atoms with Crippen LogP contribution in [0.5, 0.6) is 5.75 Å². The zero-order valence-electron chi connectivity index (χ0n) is 12.1. The lowest BCUT2D eigenvalue weighted by molar-refractivity contribution is -0.277. The highest BCUT2D eigenvalue weighted by molar-refractivity contribution is 5.47. The van der Waals surface area contributed by atoms with E-state index in [1.54, 1.807) is 0 Å². The molecule has 0 aromatic heterocycles. The van der Waals surface area contributed by atoms with Gasteiger partial charge in [0.25, 0.3) is 0 Å². The monoisotopic (exact) mass is 326 g/mol. The smallest absolute Gasteiger partial charge is 0.229 e. The van der Waals surface area contributed by atoms with E-state index >= 15 is 0 Å². The maximum atomic E-state index is 9.95. The van der Waals surface area contributed by atoms with Gasteiger partial charge < -0.3 is 35.6 Å². The molecule has 10 heteroatoms. The highest BCUT2D eigenvalue weighted by Crippen LogP contribution is 2.29. The number of hydrogen-bond donors (Lipinski definition) is 5. The molecule has 10 nitrogen and oxygen atoms in total. The molecule has 0 unspecified atom stereocenters. The van der Waals surface area contributed by atoms with E-state index in [2.05, 4.69) is 10.0 Å². The summed E-state index contributed by atoms with van der Waals surface area (Å²) in [6.07, 6.45) is -6.88. The van der Waals surface area contributed by atoms with Crippen molar-refractivity contribution in [3.05, 3.63) is 34.2 Å². The Bertz CT molecular complexity index is 592. The number of benzene rings is 1. The van der Waals surface area contributed by atoms with Crippen molar-refractivity contribution in [1.82, 2.24) is 0 Å². The number of nitrogens with two attached hydrogens (primary N) is 1. The summed E-state index contributed by atoms with van der Waals surface area (Å²) in [4.78, 5) is 2.67. The quantitative estimate of drug-likeness (QED) is 0.269. The predicted molar refractivity (Wildman–Crippen MR) is 77.5 cm³/mol. The van der Waals surface area contributed by atoms with Gasteiger partial charge in [-0.25, -0.2) is 0 Å². The zero-order valence-corrected chi connectivity index (χ0v) is 12.1. The summed E-state index contributed by atoms with van der Waals surface area (Å²) < 4.78 is 10.8. The van der Waals surface area contributed by atoms with Gasteiger partial charge in [0.1, 0.15) is 30.2 Å². The second-order valence-electron chi connectivity index (χ2n) is 5.00. The van der Waals surface area contributed by atoms with E-state index in [9.17, 15) is 15.3 Å². The van der Waals surface area contributed by atoms with Crippen LogP contribution >= 0.6 is 0 Å². The largest absolute Gasteiger partial charge is 0.462 e. The van der Waals surface area contributed by atoms with Gasteiger partial charge in [0.2, 0.25) is 6.29 Å². The van der Waals surface area contributed by atoms with E-state index in [4.69, 9.17) is 25.8 Å². The number of azide groups is 1. The summed E-state index contributed by atoms with van der Waals surface area (Å²) >= 11 is 0. The number of nitrogens with zero attached hydrogens (tertiary/aromatic N) is 3. The highest BCUT2D eigenvalue weighted by atomic mass is 16.7. The molecule has 1 fully saturated rings. The summed E-state index contributed by atoms with van der Waals surface area (Å²) in [7, 11) is 0. The van der Waals surface area contributed by atoms with E-state index < -0.39 is 37.3 Å². The van der Waals surface area contributed by atoms with Gasteiger partial charge in [-0.3, -0.25) is 0 Å². The van der Waals surface area contributed by atoms with Crippen molar-refractivity contribution in [2.45, 2.75) is 37.3 Å². The molecular weight excluding hydrogens is 308 g/mol. The van der Waals surface area contributed by atoms with Crippen molar-refractivity contribution in [2.75, 3.05) is 6.61 Å². The first-order chi connectivity index (χ1) is 11.0. The van der Waals surface area contributed by atoms with Gasteiger partial charge in [0, 0.05) is 22.7 Å². The number of ether oxygens (including phenoxy) is 2. The number of rotatable bonds is 5. The Hall–Kier alpha value is -1.91. The van der Waals surface area contributed by atoms with Crippen molar-refractivity contribution in [1.29, 1.82) is 0 Å². The Morgan fingerprint density at radius 1 is 1.26 bits per heavy atom. The molecule has 0 amide bonds. The third-order valence-corrected chi connectivity index (χ3v) is 3.52. The van der Waals surface area contributed by atoms with Crippen LogP contribution in [-0.4, -0.2) is 57.7 Å². The summed E-state index contributed by atoms with van der Waals surface area (Å²) in [6.45, 7) is -0.480. The standard InChI is InChI=1S/C13H18N4O6/c14-4-6-3-7(16-17-15)1-2-8(6)22-13-12(21)11(20)10(19)9(5-18)23-13/h1-3,9-13,18-21H,4-5,14H2/t9-,10-,11+,12+,13+/m1/s1. The fourth-order valence-corrected chi connectivity index (χ4v) is 2.24. The minimum absolute atomic E-state index is 0.0710. The molecule has 0 bridgehead atoms. The Balaban J connectivity index is 2.22. The molecule has 1 aromatic rings. The van der Waals surface area contributed by atoms with Crippen molar-refractivity contribution in [3.63, 3.8) is 0 Å². The second-order valence-corrected chi connectivity index (χ2v) is 5.00. The average molecular weight is 326 g/mol. The van der Waals surface area contributed by atoms with Crippen LogP contribution in [0.1, 0.15) is 5.56 Å². The Morgan fingerprint density at radius 2 is 2.00 bits per heavy atom. The van der Waals surface area contributed by atoms with E-state index in [1.165, 1.54) is 18.2 Å². The maximum absolute atomic E-state index is 9.95. The molecule has 5 atom stereocenters. The van der Waals surface area contributed by atoms with Gasteiger partial charge in [0.15, 0.2) is 0 Å². The van der Waals surface area contributed by atoms with Gasteiger partial charge in [-0.15, -0.1) is 0 Å². The molecule has 0 radical (unpaired) electrons. The first kappa shape index (κ1) is 17.4. The molecule has 1 aliphatic heterocycles. The predicted octanol–water partition coefficient (Wildman–Crippen LogP) is -0.734. The van der Waals surface area contributed by atoms with Crippen molar-refractivity contribution in [2.24, 2.45) is 10.8 Å². The molecular formula is C13H18N4O6. The molecule has 23 heavy (non-hydrogen) atoms. The summed E-state index contributed by atoms with van der Waals surface area (Å²) in [5, 5.41) is 42.0. The van der Waals surface area contributed by atoms with E-state index in [0.29, 0.717) is 11.3 Å². The van der Waals surface area contributed by atoms with E-state index in [-0.39, 0.29) is 12.3 Å². The lowest BCUT2D eigenvalue weighted by Gasteiger charge is -2.39. The molecule has 126 valence electrons. The first-order valence-electron chi connectivity index (χ1n) is 6.87. The number of aliphatic hydroxyl groups excluding tert-OH is 4. The highest BCUT2D eigenvalue weighted by Gasteiger charge is 2.44. The fraction of sp³-hybridized carbons (Fsp3) is 0.538. The molecule has 1 heterocycles. The minimum Gasteiger partial charge on any atom is -0.462 e. The van der Waals surface area contributed by atoms with Gasteiger partial charge in [0.05, 0.1) is 6.61 Å². The Labute approximate surface area is 131 Å². The Morgan fingerprint density at radius 3 is 2.61 bits per heavy atom.